The van der Waals surface area contributed by atoms with Gasteiger partial charge in [-0.2, -0.15) is 22.0 Å². The molecule has 1 atom stereocenters. The Kier molecular flexibility index (Phi) is 4.83. The highest BCUT2D eigenvalue weighted by molar-refractivity contribution is 6.10. The van der Waals surface area contributed by atoms with E-state index in [0.717, 1.165) is 15.5 Å². The van der Waals surface area contributed by atoms with Crippen LogP contribution in [0.1, 0.15) is 45.7 Å². The van der Waals surface area contributed by atoms with Crippen molar-refractivity contribution in [3.8, 4) is 0 Å². The lowest BCUT2D eigenvalue weighted by molar-refractivity contribution is -0.138. The Balaban J connectivity index is 1.68. The molecule has 1 aliphatic rings. The smallest absolute Gasteiger partial charge is 0.316 e. The second-order valence-corrected chi connectivity index (χ2v) is 7.43. The number of fused-ring (bicyclic) bond motifs is 1. The lowest BCUT2D eigenvalue weighted by Crippen LogP contribution is -2.26. The molecule has 0 saturated heterocycles. The summed E-state index contributed by atoms with van der Waals surface area (Å²) in [6.07, 6.45) is -3.43. The van der Waals surface area contributed by atoms with Crippen LogP contribution in [-0.4, -0.2) is 20.7 Å². The third kappa shape index (κ3) is 3.45. The number of aryl methyl sites for hydroxylation is 1. The van der Waals surface area contributed by atoms with E-state index in [-0.39, 0.29) is 28.9 Å². The Labute approximate surface area is 174 Å². The molecule has 3 aromatic rings. The summed E-state index contributed by atoms with van der Waals surface area (Å²) in [6.45, 7) is 1.03. The van der Waals surface area contributed by atoms with Crippen LogP contribution in [0.4, 0.5) is 27.6 Å². The number of nitrogens with zero attached hydrogens (tertiary/aromatic N) is 4. The second kappa shape index (κ2) is 7.14. The summed E-state index contributed by atoms with van der Waals surface area (Å²) >= 11 is 0. The Bertz CT molecular complexity index is 1150. The predicted octanol–water partition coefficient (Wildman–Crippen LogP) is 4.89. The van der Waals surface area contributed by atoms with Gasteiger partial charge in [0.2, 0.25) is 5.82 Å². The second-order valence-electron chi connectivity index (χ2n) is 7.43. The lowest BCUT2D eigenvalue weighted by atomic mass is 9.93. The average Bonchev–Trinajstić information content (AvgIpc) is 3.30. The molecular weight excluding hydrogens is 419 g/mol. The molecule has 0 radical (unpaired) electrons. The van der Waals surface area contributed by atoms with Crippen LogP contribution in [-0.2, 0) is 25.7 Å². The van der Waals surface area contributed by atoms with Crippen LogP contribution >= 0.6 is 0 Å². The zero-order valence-corrected chi connectivity index (χ0v) is 16.5. The van der Waals surface area contributed by atoms with Gasteiger partial charge in [-0.1, -0.05) is 25.1 Å². The fraction of sp³-hybridized carbons (Fsp3) is 0.286. The first-order chi connectivity index (χ1) is 14.5. The number of amides is 1. The van der Waals surface area contributed by atoms with Crippen LogP contribution in [0.5, 0.6) is 0 Å². The Morgan fingerprint density at radius 2 is 1.77 bits per heavy atom. The monoisotopic (exact) mass is 436 g/mol. The molecule has 0 spiro atoms. The average molecular weight is 436 g/mol. The summed E-state index contributed by atoms with van der Waals surface area (Å²) < 4.78 is 71.1. The number of alkyl halides is 5. The predicted molar refractivity (Wildman–Crippen MR) is 102 cm³/mol. The van der Waals surface area contributed by atoms with Gasteiger partial charge in [0.1, 0.15) is 6.33 Å². The molecule has 0 fully saturated rings. The topological polar surface area (TPSA) is 51.0 Å². The van der Waals surface area contributed by atoms with E-state index in [1.165, 1.54) is 56.7 Å². The summed E-state index contributed by atoms with van der Waals surface area (Å²) in [5, 5.41) is 6.99. The molecule has 1 amide bonds. The van der Waals surface area contributed by atoms with E-state index < -0.39 is 35.3 Å². The van der Waals surface area contributed by atoms with Crippen molar-refractivity contribution in [2.75, 3.05) is 4.90 Å². The van der Waals surface area contributed by atoms with Gasteiger partial charge in [-0.15, -0.1) is 10.2 Å². The molecule has 1 aliphatic heterocycles. The molecule has 5 nitrogen and oxygen atoms in total. The van der Waals surface area contributed by atoms with Gasteiger partial charge in [-0.05, 0) is 35.4 Å². The van der Waals surface area contributed by atoms with Crippen molar-refractivity contribution in [1.82, 2.24) is 14.8 Å². The highest BCUT2D eigenvalue weighted by Crippen LogP contribution is 2.43. The van der Waals surface area contributed by atoms with Crippen molar-refractivity contribution in [2.45, 2.75) is 31.5 Å². The van der Waals surface area contributed by atoms with Crippen molar-refractivity contribution in [2.24, 2.45) is 7.05 Å². The maximum atomic E-state index is 15.0. The molecule has 0 unspecified atom stereocenters. The van der Waals surface area contributed by atoms with Crippen molar-refractivity contribution >= 4 is 11.6 Å². The highest BCUT2D eigenvalue weighted by atomic mass is 19.4. The molecule has 10 heteroatoms. The van der Waals surface area contributed by atoms with Crippen LogP contribution in [0.25, 0.3) is 0 Å². The number of aromatic nitrogens is 3. The minimum atomic E-state index is -4.60. The normalized spacial score (nSPS) is 15.3. The SMILES string of the molecule is C[C@@H](c1cccc(N2Cc3c(cccc3C(F)(F)F)C2=O)c1)C(F)(F)c1nncn1C. The number of benzene rings is 2. The Morgan fingerprint density at radius 1 is 1.06 bits per heavy atom. The molecule has 1 aromatic heterocycles. The summed E-state index contributed by atoms with van der Waals surface area (Å²) in [6, 6.07) is 9.32. The molecule has 4 rings (SSSR count). The van der Waals surface area contributed by atoms with Gasteiger partial charge in [-0.3, -0.25) is 4.79 Å². The number of anilines is 1. The molecule has 162 valence electrons. The molecule has 2 aromatic carbocycles. The van der Waals surface area contributed by atoms with Crippen molar-refractivity contribution < 1.29 is 26.7 Å². The van der Waals surface area contributed by atoms with Gasteiger partial charge in [0.25, 0.3) is 5.91 Å². The number of halogens is 5. The standard InChI is InChI=1S/C21H17F5N4O/c1-12(20(22,23)19-28-27-11-29(19)2)13-5-3-6-14(9-13)30-10-16-15(18(30)31)7-4-8-17(16)21(24,25)26/h3-9,11-12H,10H2,1-2H3/t12-/m0/s1. The summed E-state index contributed by atoms with van der Waals surface area (Å²) in [4.78, 5) is 13.9. The van der Waals surface area contributed by atoms with E-state index in [0.29, 0.717) is 0 Å². The first-order valence-electron chi connectivity index (χ1n) is 9.35. The molecule has 0 aliphatic carbocycles. The van der Waals surface area contributed by atoms with E-state index >= 15 is 0 Å². The summed E-state index contributed by atoms with van der Waals surface area (Å²) in [5.74, 6) is -5.79. The molecule has 0 saturated carbocycles. The van der Waals surface area contributed by atoms with Gasteiger partial charge in [0, 0.05) is 18.3 Å². The zero-order valence-electron chi connectivity index (χ0n) is 16.5. The number of hydrogen-bond donors (Lipinski definition) is 0. The van der Waals surface area contributed by atoms with Gasteiger partial charge in [-0.25, -0.2) is 0 Å². The van der Waals surface area contributed by atoms with Gasteiger partial charge in [0.15, 0.2) is 0 Å². The van der Waals surface area contributed by atoms with Crippen molar-refractivity contribution in [3.05, 3.63) is 76.9 Å². The van der Waals surface area contributed by atoms with E-state index in [4.69, 9.17) is 0 Å². The number of hydrogen-bond acceptors (Lipinski definition) is 3. The summed E-state index contributed by atoms with van der Waals surface area (Å²) in [7, 11) is 1.41. The van der Waals surface area contributed by atoms with E-state index in [1.54, 1.807) is 0 Å². The molecule has 0 bridgehead atoms. The van der Waals surface area contributed by atoms with Crippen LogP contribution in [0, 0.1) is 0 Å². The largest absolute Gasteiger partial charge is 0.416 e. The van der Waals surface area contributed by atoms with Gasteiger partial charge < -0.3 is 9.47 Å². The first kappa shape index (κ1) is 21.0. The molecule has 31 heavy (non-hydrogen) atoms. The number of carbonyl (C=O) groups excluding carboxylic acids is 1. The highest BCUT2D eigenvalue weighted by Gasteiger charge is 2.44. The van der Waals surface area contributed by atoms with E-state index in [1.807, 2.05) is 0 Å². The van der Waals surface area contributed by atoms with E-state index in [2.05, 4.69) is 10.2 Å². The number of carbonyl (C=O) groups is 1. The first-order valence-corrected chi connectivity index (χ1v) is 9.35. The lowest BCUT2D eigenvalue weighted by Gasteiger charge is -2.24. The molecule has 0 N–H and O–H groups in total. The molecular formula is C21H17F5N4O. The third-order valence-corrected chi connectivity index (χ3v) is 5.51. The van der Waals surface area contributed by atoms with Crippen molar-refractivity contribution in [3.63, 3.8) is 0 Å². The fourth-order valence-corrected chi connectivity index (χ4v) is 3.76. The summed E-state index contributed by atoms with van der Waals surface area (Å²) in [5.41, 5.74) is -0.586. The quantitative estimate of drug-likeness (QED) is 0.548. The number of rotatable bonds is 4. The van der Waals surface area contributed by atoms with Gasteiger partial charge >= 0.3 is 12.1 Å². The van der Waals surface area contributed by atoms with Crippen molar-refractivity contribution in [1.29, 1.82) is 0 Å². The van der Waals surface area contributed by atoms with Crippen LogP contribution < -0.4 is 4.90 Å². The fourth-order valence-electron chi connectivity index (χ4n) is 3.76. The zero-order chi connectivity index (χ0) is 22.6. The minimum absolute atomic E-state index is 0.0438. The Morgan fingerprint density at radius 3 is 2.42 bits per heavy atom. The van der Waals surface area contributed by atoms with Gasteiger partial charge in [0.05, 0.1) is 18.0 Å². The maximum absolute atomic E-state index is 15.0. The van der Waals surface area contributed by atoms with Crippen LogP contribution in [0.3, 0.4) is 0 Å². The van der Waals surface area contributed by atoms with Crippen LogP contribution in [0.15, 0.2) is 48.8 Å². The van der Waals surface area contributed by atoms with E-state index in [9.17, 15) is 26.7 Å². The maximum Gasteiger partial charge on any atom is 0.416 e. The molecule has 2 heterocycles. The van der Waals surface area contributed by atoms with Crippen LogP contribution in [0.2, 0.25) is 0 Å². The third-order valence-electron chi connectivity index (χ3n) is 5.51. The minimum Gasteiger partial charge on any atom is -0.316 e. The Hall–Kier alpha value is -3.30.